The number of rotatable bonds is 4. The molecule has 0 bridgehead atoms. The second-order valence-electron chi connectivity index (χ2n) is 7.15. The Bertz CT molecular complexity index is 394. The van der Waals surface area contributed by atoms with Gasteiger partial charge in [-0.3, -0.25) is 0 Å². The van der Waals surface area contributed by atoms with Gasteiger partial charge in [0.2, 0.25) is 10.0 Å². The monoisotopic (exact) mass is 288 g/mol. The number of nitrogens with one attached hydrogen (secondary N) is 1. The van der Waals surface area contributed by atoms with Gasteiger partial charge in [0, 0.05) is 18.6 Å². The normalized spacial score (nSPS) is 30.1. The Morgan fingerprint density at radius 2 is 1.95 bits per heavy atom. The lowest BCUT2D eigenvalue weighted by atomic mass is 9.94. The average Bonchev–Trinajstić information content (AvgIpc) is 2.95. The molecule has 2 saturated heterocycles. The summed E-state index contributed by atoms with van der Waals surface area (Å²) in [6, 6.07) is 0.583. The zero-order chi connectivity index (χ0) is 14.1. The molecule has 4 nitrogen and oxygen atoms in total. The zero-order valence-electron chi connectivity index (χ0n) is 12.5. The molecule has 19 heavy (non-hydrogen) atoms. The molecule has 2 atom stereocenters. The lowest BCUT2D eigenvalue weighted by Gasteiger charge is -2.30. The summed E-state index contributed by atoms with van der Waals surface area (Å²) in [7, 11) is -3.09. The Kier molecular flexibility index (Phi) is 4.58. The van der Waals surface area contributed by atoms with Crippen LogP contribution in [0, 0.1) is 5.41 Å². The van der Waals surface area contributed by atoms with Gasteiger partial charge in [-0.2, -0.15) is 4.31 Å². The van der Waals surface area contributed by atoms with Gasteiger partial charge in [-0.15, -0.1) is 0 Å². The van der Waals surface area contributed by atoms with Crippen LogP contribution in [0.4, 0.5) is 0 Å². The van der Waals surface area contributed by atoms with E-state index in [0.717, 1.165) is 38.8 Å². The molecule has 0 aliphatic carbocycles. The standard InChI is InChI=1S/C14H28N2O2S/c1-14(2,3)8-11-19(17,18)16-10-5-7-13(16)12-6-4-9-15-12/h12-13,15H,4-11H2,1-3H3. The number of sulfonamides is 1. The highest BCUT2D eigenvalue weighted by Gasteiger charge is 2.39. The molecule has 2 aliphatic heterocycles. The van der Waals surface area contributed by atoms with E-state index in [9.17, 15) is 8.42 Å². The van der Waals surface area contributed by atoms with Crippen molar-refractivity contribution < 1.29 is 8.42 Å². The fourth-order valence-electron chi connectivity index (χ4n) is 3.11. The second-order valence-corrected chi connectivity index (χ2v) is 9.19. The summed E-state index contributed by atoms with van der Waals surface area (Å²) in [6.45, 7) is 8.06. The van der Waals surface area contributed by atoms with Crippen LogP contribution in [0.5, 0.6) is 0 Å². The summed E-state index contributed by atoms with van der Waals surface area (Å²) in [5.74, 6) is 0.291. The minimum atomic E-state index is -3.09. The van der Waals surface area contributed by atoms with Gasteiger partial charge in [0.1, 0.15) is 0 Å². The van der Waals surface area contributed by atoms with E-state index in [1.54, 1.807) is 4.31 Å². The van der Waals surface area contributed by atoms with Gasteiger partial charge in [0.25, 0.3) is 0 Å². The van der Waals surface area contributed by atoms with Crippen molar-refractivity contribution in [3.63, 3.8) is 0 Å². The topological polar surface area (TPSA) is 49.4 Å². The average molecular weight is 288 g/mol. The fraction of sp³-hybridized carbons (Fsp3) is 1.00. The molecule has 2 unspecified atom stereocenters. The van der Waals surface area contributed by atoms with E-state index in [4.69, 9.17) is 0 Å². The van der Waals surface area contributed by atoms with Gasteiger partial charge in [-0.05, 0) is 44.1 Å². The van der Waals surface area contributed by atoms with Gasteiger partial charge >= 0.3 is 0 Å². The van der Waals surface area contributed by atoms with Gasteiger partial charge in [-0.25, -0.2) is 8.42 Å². The van der Waals surface area contributed by atoms with Crippen LogP contribution in [0.25, 0.3) is 0 Å². The van der Waals surface area contributed by atoms with Gasteiger partial charge in [-0.1, -0.05) is 20.8 Å². The minimum Gasteiger partial charge on any atom is -0.312 e. The minimum absolute atomic E-state index is 0.0773. The fourth-order valence-corrected chi connectivity index (χ4v) is 5.28. The van der Waals surface area contributed by atoms with Crippen molar-refractivity contribution in [1.29, 1.82) is 0 Å². The molecule has 0 saturated carbocycles. The van der Waals surface area contributed by atoms with Crippen molar-refractivity contribution in [3.05, 3.63) is 0 Å². The first-order valence-electron chi connectivity index (χ1n) is 7.52. The van der Waals surface area contributed by atoms with Crippen LogP contribution in [-0.4, -0.2) is 43.6 Å². The van der Waals surface area contributed by atoms with E-state index in [1.165, 1.54) is 6.42 Å². The largest absolute Gasteiger partial charge is 0.312 e. The van der Waals surface area contributed by atoms with Crippen LogP contribution in [0.3, 0.4) is 0 Å². The molecule has 0 amide bonds. The molecule has 0 aromatic carbocycles. The predicted octanol–water partition coefficient (Wildman–Crippen LogP) is 1.97. The lowest BCUT2D eigenvalue weighted by Crippen LogP contribution is -2.47. The first kappa shape index (κ1) is 15.3. The van der Waals surface area contributed by atoms with Gasteiger partial charge in [0.15, 0.2) is 0 Å². The third-order valence-corrected chi connectivity index (χ3v) is 6.17. The molecule has 0 spiro atoms. The lowest BCUT2D eigenvalue weighted by molar-refractivity contribution is 0.317. The second kappa shape index (κ2) is 5.70. The molecule has 0 aromatic rings. The predicted molar refractivity (Wildman–Crippen MR) is 78.6 cm³/mol. The summed E-state index contributed by atoms with van der Waals surface area (Å²) >= 11 is 0. The van der Waals surface area contributed by atoms with Gasteiger partial charge < -0.3 is 5.32 Å². The van der Waals surface area contributed by atoms with Crippen molar-refractivity contribution in [2.45, 2.75) is 65.0 Å². The van der Waals surface area contributed by atoms with Crippen LogP contribution < -0.4 is 5.32 Å². The first-order chi connectivity index (χ1) is 8.80. The van der Waals surface area contributed by atoms with Crippen molar-refractivity contribution in [1.82, 2.24) is 9.62 Å². The molecular weight excluding hydrogens is 260 g/mol. The highest BCUT2D eigenvalue weighted by molar-refractivity contribution is 7.89. The maximum absolute atomic E-state index is 12.5. The first-order valence-corrected chi connectivity index (χ1v) is 9.13. The van der Waals surface area contributed by atoms with Crippen molar-refractivity contribution >= 4 is 10.0 Å². The summed E-state index contributed by atoms with van der Waals surface area (Å²) in [5, 5.41) is 3.47. The maximum atomic E-state index is 12.5. The smallest absolute Gasteiger partial charge is 0.214 e. The van der Waals surface area contributed by atoms with E-state index in [0.29, 0.717) is 11.8 Å². The molecule has 1 N–H and O–H groups in total. The molecule has 2 aliphatic rings. The summed E-state index contributed by atoms with van der Waals surface area (Å²) in [5.41, 5.74) is 0.0773. The Morgan fingerprint density at radius 3 is 2.53 bits per heavy atom. The molecule has 0 radical (unpaired) electrons. The molecule has 2 fully saturated rings. The van der Waals surface area contributed by atoms with E-state index in [-0.39, 0.29) is 11.5 Å². The summed E-state index contributed by atoms with van der Waals surface area (Å²) in [4.78, 5) is 0. The van der Waals surface area contributed by atoms with Crippen LogP contribution in [0.15, 0.2) is 0 Å². The summed E-state index contributed by atoms with van der Waals surface area (Å²) in [6.07, 6.45) is 5.06. The Balaban J connectivity index is 2.01. The Labute approximate surface area is 118 Å². The maximum Gasteiger partial charge on any atom is 0.214 e. The highest BCUT2D eigenvalue weighted by Crippen LogP contribution is 2.29. The van der Waals surface area contributed by atoms with Crippen molar-refractivity contribution in [2.75, 3.05) is 18.8 Å². The van der Waals surface area contributed by atoms with E-state index >= 15 is 0 Å². The highest BCUT2D eigenvalue weighted by atomic mass is 32.2. The SMILES string of the molecule is CC(C)(C)CCS(=O)(=O)N1CCCC1C1CCCN1. The van der Waals surface area contributed by atoms with Crippen LogP contribution in [0.1, 0.15) is 52.9 Å². The molecule has 2 heterocycles. The molecule has 112 valence electrons. The zero-order valence-corrected chi connectivity index (χ0v) is 13.3. The summed E-state index contributed by atoms with van der Waals surface area (Å²) < 4.78 is 26.9. The van der Waals surface area contributed by atoms with Crippen LogP contribution in [-0.2, 0) is 10.0 Å². The third kappa shape index (κ3) is 3.92. The Morgan fingerprint density at radius 1 is 1.21 bits per heavy atom. The van der Waals surface area contributed by atoms with E-state index in [2.05, 4.69) is 26.1 Å². The third-order valence-electron chi connectivity index (χ3n) is 4.28. The van der Waals surface area contributed by atoms with E-state index < -0.39 is 10.0 Å². The molecule has 0 aromatic heterocycles. The quantitative estimate of drug-likeness (QED) is 0.860. The molecule has 2 rings (SSSR count). The van der Waals surface area contributed by atoms with Crippen molar-refractivity contribution in [3.8, 4) is 0 Å². The molecule has 5 heteroatoms. The Hall–Kier alpha value is -0.130. The van der Waals surface area contributed by atoms with Crippen LogP contribution >= 0.6 is 0 Å². The van der Waals surface area contributed by atoms with Gasteiger partial charge in [0.05, 0.1) is 5.75 Å². The molecular formula is C14H28N2O2S. The number of hydrogen-bond donors (Lipinski definition) is 1. The number of hydrogen-bond acceptors (Lipinski definition) is 3. The van der Waals surface area contributed by atoms with Crippen LogP contribution in [0.2, 0.25) is 0 Å². The van der Waals surface area contributed by atoms with E-state index in [1.807, 2.05) is 0 Å². The number of nitrogens with zero attached hydrogens (tertiary/aromatic N) is 1. The van der Waals surface area contributed by atoms with Crippen molar-refractivity contribution in [2.24, 2.45) is 5.41 Å².